The molecule has 0 unspecified atom stereocenters. The van der Waals surface area contributed by atoms with Gasteiger partial charge in [0.25, 0.3) is 6.43 Å². The van der Waals surface area contributed by atoms with Crippen molar-refractivity contribution in [3.8, 4) is 5.75 Å². The van der Waals surface area contributed by atoms with E-state index in [4.69, 9.17) is 10.2 Å². The van der Waals surface area contributed by atoms with Gasteiger partial charge >= 0.3 is 5.97 Å². The first kappa shape index (κ1) is 10.3. The molecule has 0 fully saturated rings. The average molecular weight is 207 g/mol. The Morgan fingerprint density at radius 1 is 1.50 bits per heavy atom. The van der Waals surface area contributed by atoms with Crippen molar-refractivity contribution in [1.29, 1.82) is 0 Å². The van der Waals surface area contributed by atoms with Gasteiger partial charge in [0.1, 0.15) is 5.75 Å². The fourth-order valence-electron chi connectivity index (χ4n) is 0.849. The van der Waals surface area contributed by atoms with Crippen LogP contribution < -0.4 is 0 Å². The molecule has 14 heavy (non-hydrogen) atoms. The second-order valence-electron chi connectivity index (χ2n) is 2.33. The molecule has 2 N–H and O–H groups in total. The molecule has 0 saturated heterocycles. The second-order valence-corrected chi connectivity index (χ2v) is 2.33. The van der Waals surface area contributed by atoms with E-state index in [0.29, 0.717) is 6.20 Å². The molecule has 0 atom stereocenters. The van der Waals surface area contributed by atoms with Gasteiger partial charge in [-0.3, -0.25) is 0 Å². The largest absolute Gasteiger partial charge is 0.506 e. The maximum absolute atomic E-state index is 13.0. The molecule has 0 spiro atoms. The van der Waals surface area contributed by atoms with E-state index in [1.54, 1.807) is 0 Å². The zero-order valence-electron chi connectivity index (χ0n) is 6.54. The summed E-state index contributed by atoms with van der Waals surface area (Å²) in [6.07, 6.45) is -2.83. The lowest BCUT2D eigenvalue weighted by atomic mass is 10.2. The van der Waals surface area contributed by atoms with Crippen molar-refractivity contribution in [2.45, 2.75) is 6.43 Å². The van der Waals surface area contributed by atoms with Crippen LogP contribution in [0.3, 0.4) is 0 Å². The molecule has 0 aliphatic rings. The summed E-state index contributed by atoms with van der Waals surface area (Å²) in [5.74, 6) is -4.56. The normalized spacial score (nSPS) is 10.6. The number of halogens is 3. The number of nitrogens with zero attached hydrogens (tertiary/aromatic N) is 1. The first-order valence-electron chi connectivity index (χ1n) is 3.34. The summed E-state index contributed by atoms with van der Waals surface area (Å²) in [6.45, 7) is 0. The van der Waals surface area contributed by atoms with Crippen LogP contribution in [-0.2, 0) is 0 Å². The molecule has 0 aliphatic heterocycles. The number of hydrogen-bond acceptors (Lipinski definition) is 3. The predicted octanol–water partition coefficient (Wildman–Crippen LogP) is 1.56. The third-order valence-electron chi connectivity index (χ3n) is 1.46. The van der Waals surface area contributed by atoms with Gasteiger partial charge in [-0.1, -0.05) is 0 Å². The second kappa shape index (κ2) is 3.52. The molecule has 0 radical (unpaired) electrons. The summed E-state index contributed by atoms with van der Waals surface area (Å²) in [5, 5.41) is 17.1. The Kier molecular flexibility index (Phi) is 2.59. The smallest absolute Gasteiger partial charge is 0.357 e. The zero-order valence-corrected chi connectivity index (χ0v) is 6.54. The SMILES string of the molecule is O=C(O)c1ncc(O)c(C(F)F)c1F. The number of aromatic nitrogens is 1. The molecule has 1 aromatic rings. The van der Waals surface area contributed by atoms with Gasteiger partial charge < -0.3 is 10.2 Å². The molecule has 1 rings (SSSR count). The van der Waals surface area contributed by atoms with Gasteiger partial charge in [-0.25, -0.2) is 22.9 Å². The van der Waals surface area contributed by atoms with Crippen molar-refractivity contribution < 1.29 is 28.2 Å². The first-order chi connectivity index (χ1) is 6.45. The van der Waals surface area contributed by atoms with Crippen molar-refractivity contribution in [2.75, 3.05) is 0 Å². The summed E-state index contributed by atoms with van der Waals surface area (Å²) in [7, 11) is 0. The monoisotopic (exact) mass is 207 g/mol. The Balaban J connectivity index is 3.41. The summed E-state index contributed by atoms with van der Waals surface area (Å²) < 4.78 is 37.2. The Morgan fingerprint density at radius 2 is 2.07 bits per heavy atom. The van der Waals surface area contributed by atoms with Gasteiger partial charge in [-0.15, -0.1) is 0 Å². The maximum atomic E-state index is 13.0. The molecule has 4 nitrogen and oxygen atoms in total. The topological polar surface area (TPSA) is 70.4 Å². The number of pyridine rings is 1. The Labute approximate surface area is 75.6 Å². The quantitative estimate of drug-likeness (QED) is 0.771. The van der Waals surface area contributed by atoms with Crippen molar-refractivity contribution in [2.24, 2.45) is 0 Å². The third kappa shape index (κ3) is 1.61. The highest BCUT2D eigenvalue weighted by Crippen LogP contribution is 2.30. The highest BCUT2D eigenvalue weighted by Gasteiger charge is 2.25. The molecule has 0 aliphatic carbocycles. The fraction of sp³-hybridized carbons (Fsp3) is 0.143. The van der Waals surface area contributed by atoms with E-state index in [1.807, 2.05) is 0 Å². The third-order valence-corrected chi connectivity index (χ3v) is 1.46. The van der Waals surface area contributed by atoms with Crippen LogP contribution in [0.25, 0.3) is 0 Å². The van der Waals surface area contributed by atoms with Crippen molar-refractivity contribution in [3.63, 3.8) is 0 Å². The summed E-state index contributed by atoms with van der Waals surface area (Å²) in [6, 6.07) is 0. The average Bonchev–Trinajstić information content (AvgIpc) is 2.02. The summed E-state index contributed by atoms with van der Waals surface area (Å²) in [4.78, 5) is 13.2. The number of carbonyl (C=O) groups is 1. The van der Waals surface area contributed by atoms with Crippen molar-refractivity contribution in [3.05, 3.63) is 23.3 Å². The van der Waals surface area contributed by atoms with Gasteiger partial charge in [0.2, 0.25) is 0 Å². The lowest BCUT2D eigenvalue weighted by molar-refractivity contribution is 0.0683. The minimum Gasteiger partial charge on any atom is -0.506 e. The lowest BCUT2D eigenvalue weighted by Gasteiger charge is -2.05. The fourth-order valence-corrected chi connectivity index (χ4v) is 0.849. The Morgan fingerprint density at radius 3 is 2.50 bits per heavy atom. The first-order valence-corrected chi connectivity index (χ1v) is 3.34. The molecule has 0 saturated carbocycles. The molecule has 1 heterocycles. The lowest BCUT2D eigenvalue weighted by Crippen LogP contribution is -2.07. The number of hydrogen-bond donors (Lipinski definition) is 2. The Hall–Kier alpha value is -1.79. The standard InChI is InChI=1S/C7H4F3NO3/c8-4-3(6(9)10)2(12)1-11-5(4)7(13)14/h1,6,12H,(H,13,14). The number of aromatic carboxylic acids is 1. The van der Waals surface area contributed by atoms with E-state index in [0.717, 1.165) is 0 Å². The van der Waals surface area contributed by atoms with Crippen LogP contribution in [0.2, 0.25) is 0 Å². The number of carboxylic acid groups (broad SMARTS) is 1. The van der Waals surface area contributed by atoms with Crippen LogP contribution in [0.1, 0.15) is 22.5 Å². The van der Waals surface area contributed by atoms with Gasteiger partial charge in [0.15, 0.2) is 11.5 Å². The van der Waals surface area contributed by atoms with E-state index in [1.165, 1.54) is 0 Å². The van der Waals surface area contributed by atoms with Crippen LogP contribution in [0.4, 0.5) is 13.2 Å². The minimum absolute atomic E-state index is 0.466. The van der Waals surface area contributed by atoms with E-state index in [2.05, 4.69) is 4.98 Å². The highest BCUT2D eigenvalue weighted by molar-refractivity contribution is 5.86. The van der Waals surface area contributed by atoms with Gasteiger partial charge in [-0.05, 0) is 0 Å². The highest BCUT2D eigenvalue weighted by atomic mass is 19.3. The number of carboxylic acids is 1. The van der Waals surface area contributed by atoms with Crippen molar-refractivity contribution >= 4 is 5.97 Å². The van der Waals surface area contributed by atoms with Crippen LogP contribution in [0, 0.1) is 5.82 Å². The summed E-state index contributed by atoms with van der Waals surface area (Å²) >= 11 is 0. The molecule has 1 aromatic heterocycles. The molecule has 7 heteroatoms. The number of aromatic hydroxyl groups is 1. The maximum Gasteiger partial charge on any atom is 0.357 e. The molecular weight excluding hydrogens is 203 g/mol. The minimum atomic E-state index is -3.30. The van der Waals surface area contributed by atoms with Crippen LogP contribution in [-0.4, -0.2) is 21.2 Å². The molecule has 76 valence electrons. The predicted molar refractivity (Wildman–Crippen MR) is 37.8 cm³/mol. The number of rotatable bonds is 2. The molecule has 0 amide bonds. The van der Waals surface area contributed by atoms with E-state index in [9.17, 15) is 18.0 Å². The van der Waals surface area contributed by atoms with Gasteiger partial charge in [-0.2, -0.15) is 0 Å². The van der Waals surface area contributed by atoms with Crippen LogP contribution in [0.5, 0.6) is 5.75 Å². The molecule has 0 aromatic carbocycles. The van der Waals surface area contributed by atoms with Crippen LogP contribution >= 0.6 is 0 Å². The van der Waals surface area contributed by atoms with E-state index >= 15 is 0 Å². The van der Waals surface area contributed by atoms with E-state index in [-0.39, 0.29) is 0 Å². The molecule has 0 bridgehead atoms. The Bertz CT molecular complexity index is 381. The van der Waals surface area contributed by atoms with Crippen molar-refractivity contribution in [1.82, 2.24) is 4.98 Å². The van der Waals surface area contributed by atoms with E-state index < -0.39 is 35.2 Å². The number of alkyl halides is 2. The van der Waals surface area contributed by atoms with Gasteiger partial charge in [0, 0.05) is 0 Å². The molecular formula is C7H4F3NO3. The van der Waals surface area contributed by atoms with Crippen LogP contribution in [0.15, 0.2) is 6.20 Å². The van der Waals surface area contributed by atoms with Gasteiger partial charge in [0.05, 0.1) is 11.8 Å². The zero-order chi connectivity index (χ0) is 10.9. The summed E-state index contributed by atoms with van der Waals surface area (Å²) in [5.41, 5.74) is -2.49.